The minimum Gasteiger partial charge on any atom is -0.497 e. The van der Waals surface area contributed by atoms with Gasteiger partial charge in [-0.15, -0.1) is 11.6 Å². The second-order valence-electron chi connectivity index (χ2n) is 11.9. The monoisotopic (exact) mass is 548 g/mol. The van der Waals surface area contributed by atoms with Gasteiger partial charge in [0, 0.05) is 11.6 Å². The van der Waals surface area contributed by atoms with E-state index in [-0.39, 0.29) is 5.38 Å². The predicted molar refractivity (Wildman–Crippen MR) is 162 cm³/mol. The van der Waals surface area contributed by atoms with Gasteiger partial charge in [-0.25, -0.2) is 0 Å². The second kappa shape index (κ2) is 12.7. The van der Waals surface area contributed by atoms with Gasteiger partial charge in [0.25, 0.3) is 0 Å². The van der Waals surface area contributed by atoms with Gasteiger partial charge in [-0.3, -0.25) is 0 Å². The normalized spacial score (nSPS) is 21.6. The quantitative estimate of drug-likeness (QED) is 0.211. The summed E-state index contributed by atoms with van der Waals surface area (Å²) in [4.78, 5) is 0. The zero-order valence-electron chi connectivity index (χ0n) is 24.6. The first kappa shape index (κ1) is 29.3. The van der Waals surface area contributed by atoms with Gasteiger partial charge in [0.05, 0.1) is 19.6 Å². The lowest BCUT2D eigenvalue weighted by Gasteiger charge is -2.35. The van der Waals surface area contributed by atoms with Crippen LogP contribution >= 0.6 is 11.6 Å². The molecule has 3 nitrogen and oxygen atoms in total. The number of ether oxygens (including phenoxy) is 3. The van der Waals surface area contributed by atoms with Crippen molar-refractivity contribution in [1.82, 2.24) is 0 Å². The van der Waals surface area contributed by atoms with Gasteiger partial charge in [0.15, 0.2) is 0 Å². The summed E-state index contributed by atoms with van der Waals surface area (Å²) in [6, 6.07) is 23.0. The first-order valence-electron chi connectivity index (χ1n) is 14.4. The summed E-state index contributed by atoms with van der Waals surface area (Å²) in [6.07, 6.45) is 7.76. The first-order chi connectivity index (χ1) is 18.7. The van der Waals surface area contributed by atoms with Gasteiger partial charge in [-0.2, -0.15) is 0 Å². The van der Waals surface area contributed by atoms with E-state index in [1.54, 1.807) is 14.2 Å². The highest BCUT2D eigenvalue weighted by atomic mass is 35.5. The van der Waals surface area contributed by atoms with Gasteiger partial charge >= 0.3 is 0 Å². The smallest absolute Gasteiger partial charge is 0.127 e. The maximum Gasteiger partial charge on any atom is 0.127 e. The van der Waals surface area contributed by atoms with Gasteiger partial charge in [0.1, 0.15) is 23.9 Å². The Kier molecular flexibility index (Phi) is 9.54. The van der Waals surface area contributed by atoms with Crippen LogP contribution in [0.4, 0.5) is 0 Å². The van der Waals surface area contributed by atoms with E-state index in [1.165, 1.54) is 49.7 Å². The third kappa shape index (κ3) is 6.57. The van der Waals surface area contributed by atoms with Crippen LogP contribution in [0.25, 0.3) is 0 Å². The van der Waals surface area contributed by atoms with Crippen LogP contribution in [-0.2, 0) is 12.0 Å². The standard InChI is InChI=1S/C35H45ClO3/c1-7-8-19-35(21-20-34(4,24-35)25(2)3)28-13-9-26(10-14-28)23-39-29-15-11-27(12-16-29)33(36)31-18-17-30(37-5)22-32(31)38-6/h9-18,22,25,33H,7-8,19-21,23-24H2,1-6H3/t33?,34-,35?/m1/s1. The topological polar surface area (TPSA) is 27.7 Å². The van der Waals surface area contributed by atoms with Crippen LogP contribution in [0.1, 0.15) is 93.9 Å². The van der Waals surface area contributed by atoms with Crippen LogP contribution in [0.15, 0.2) is 66.7 Å². The fourth-order valence-corrected chi connectivity index (χ4v) is 6.47. The molecule has 0 N–H and O–H groups in total. The second-order valence-corrected chi connectivity index (χ2v) is 12.3. The van der Waals surface area contributed by atoms with Crippen LogP contribution in [0.5, 0.6) is 17.2 Å². The minimum atomic E-state index is -0.333. The van der Waals surface area contributed by atoms with Crippen molar-refractivity contribution < 1.29 is 14.2 Å². The molecule has 3 aromatic rings. The number of hydrogen-bond donors (Lipinski definition) is 0. The molecule has 1 saturated carbocycles. The molecule has 0 saturated heterocycles. The van der Waals surface area contributed by atoms with E-state index in [9.17, 15) is 0 Å². The Hall–Kier alpha value is -2.65. The van der Waals surface area contributed by atoms with E-state index in [1.807, 2.05) is 42.5 Å². The number of alkyl halides is 1. The lowest BCUT2D eigenvalue weighted by atomic mass is 9.69. The van der Waals surface area contributed by atoms with Crippen molar-refractivity contribution in [2.24, 2.45) is 11.3 Å². The van der Waals surface area contributed by atoms with E-state index in [0.29, 0.717) is 29.1 Å². The first-order valence-corrected chi connectivity index (χ1v) is 14.9. The molecule has 4 heteroatoms. The number of unbranched alkanes of at least 4 members (excludes halogenated alkanes) is 1. The summed E-state index contributed by atoms with van der Waals surface area (Å²) in [5.41, 5.74) is 5.34. The average molecular weight is 549 g/mol. The molecule has 39 heavy (non-hydrogen) atoms. The molecule has 0 radical (unpaired) electrons. The van der Waals surface area contributed by atoms with Crippen molar-refractivity contribution in [3.8, 4) is 17.2 Å². The average Bonchev–Trinajstić information content (AvgIpc) is 3.33. The van der Waals surface area contributed by atoms with Gasteiger partial charge in [-0.1, -0.05) is 76.9 Å². The lowest BCUT2D eigenvalue weighted by Crippen LogP contribution is -2.27. The summed E-state index contributed by atoms with van der Waals surface area (Å²) in [5.74, 6) is 2.99. The van der Waals surface area contributed by atoms with E-state index in [0.717, 1.165) is 22.6 Å². The van der Waals surface area contributed by atoms with Gasteiger partial charge < -0.3 is 14.2 Å². The maximum atomic E-state index is 6.82. The van der Waals surface area contributed by atoms with Crippen molar-refractivity contribution in [3.05, 3.63) is 89.0 Å². The molecular formula is C35H45ClO3. The Labute approximate surface area is 240 Å². The Bertz CT molecular complexity index is 1200. The molecule has 0 amide bonds. The Morgan fingerprint density at radius 3 is 2.15 bits per heavy atom. The third-order valence-corrected chi connectivity index (χ3v) is 9.66. The summed E-state index contributed by atoms with van der Waals surface area (Å²) >= 11 is 6.82. The van der Waals surface area contributed by atoms with Crippen LogP contribution in [0, 0.1) is 11.3 Å². The summed E-state index contributed by atoms with van der Waals surface area (Å²) in [6.45, 7) is 10.1. The molecular weight excluding hydrogens is 504 g/mol. The molecule has 0 aromatic heterocycles. The molecule has 4 rings (SSSR count). The highest BCUT2D eigenvalue weighted by Crippen LogP contribution is 2.56. The Morgan fingerprint density at radius 2 is 1.56 bits per heavy atom. The van der Waals surface area contributed by atoms with Crippen molar-refractivity contribution in [2.45, 2.75) is 83.6 Å². The largest absolute Gasteiger partial charge is 0.497 e. The summed E-state index contributed by atoms with van der Waals surface area (Å²) < 4.78 is 17.0. The molecule has 3 atom stereocenters. The highest BCUT2D eigenvalue weighted by molar-refractivity contribution is 6.22. The molecule has 2 unspecified atom stereocenters. The van der Waals surface area contributed by atoms with Crippen LogP contribution in [-0.4, -0.2) is 14.2 Å². The summed E-state index contributed by atoms with van der Waals surface area (Å²) in [7, 11) is 3.29. The third-order valence-electron chi connectivity index (χ3n) is 9.18. The van der Waals surface area contributed by atoms with Crippen molar-refractivity contribution in [1.29, 1.82) is 0 Å². The molecule has 0 heterocycles. The molecule has 0 aliphatic heterocycles. The molecule has 210 valence electrons. The highest BCUT2D eigenvalue weighted by Gasteiger charge is 2.47. The van der Waals surface area contributed by atoms with Gasteiger partial charge in [-0.05, 0) is 83.4 Å². The van der Waals surface area contributed by atoms with Crippen LogP contribution in [0.2, 0.25) is 0 Å². The Morgan fingerprint density at radius 1 is 0.872 bits per heavy atom. The zero-order valence-corrected chi connectivity index (χ0v) is 25.3. The zero-order chi connectivity index (χ0) is 28.0. The van der Waals surface area contributed by atoms with Crippen molar-refractivity contribution in [3.63, 3.8) is 0 Å². The number of rotatable bonds is 12. The Balaban J connectivity index is 1.41. The maximum absolute atomic E-state index is 6.82. The minimum absolute atomic E-state index is 0.314. The van der Waals surface area contributed by atoms with Gasteiger partial charge in [0.2, 0.25) is 0 Å². The molecule has 1 aliphatic rings. The number of halogens is 1. The molecule has 0 spiro atoms. The molecule has 3 aromatic carbocycles. The van der Waals surface area contributed by atoms with Crippen molar-refractivity contribution in [2.75, 3.05) is 14.2 Å². The van der Waals surface area contributed by atoms with E-state index in [2.05, 4.69) is 52.0 Å². The van der Waals surface area contributed by atoms with E-state index >= 15 is 0 Å². The van der Waals surface area contributed by atoms with E-state index in [4.69, 9.17) is 25.8 Å². The predicted octanol–water partition coefficient (Wildman–Crippen LogP) is 9.89. The molecule has 0 bridgehead atoms. The fraction of sp³-hybridized carbons (Fsp3) is 0.486. The van der Waals surface area contributed by atoms with Crippen LogP contribution < -0.4 is 14.2 Å². The number of hydrogen-bond acceptors (Lipinski definition) is 3. The molecule has 1 aliphatic carbocycles. The number of benzene rings is 3. The SMILES string of the molecule is CCCCC1(c2ccc(COc3ccc(C(Cl)c4ccc(OC)cc4OC)cc3)cc2)CC[C@@](C)(C(C)C)C1. The molecule has 1 fully saturated rings. The van der Waals surface area contributed by atoms with Crippen molar-refractivity contribution >= 4 is 11.6 Å². The fourth-order valence-electron chi connectivity index (χ4n) is 6.15. The van der Waals surface area contributed by atoms with Crippen LogP contribution in [0.3, 0.4) is 0 Å². The van der Waals surface area contributed by atoms with E-state index < -0.39 is 0 Å². The lowest BCUT2D eigenvalue weighted by molar-refractivity contribution is 0.206. The summed E-state index contributed by atoms with van der Waals surface area (Å²) in [5, 5.41) is -0.333. The number of methoxy groups -OCH3 is 2.